The third kappa shape index (κ3) is 11.1. The van der Waals surface area contributed by atoms with Gasteiger partial charge in [0.2, 0.25) is 0 Å². The van der Waals surface area contributed by atoms with Crippen molar-refractivity contribution in [2.24, 2.45) is 0 Å². The van der Waals surface area contributed by atoms with Gasteiger partial charge in [0.1, 0.15) is 0 Å². The Labute approximate surface area is 53.9 Å². The average molecular weight is 94.0 g/mol. The summed E-state index contributed by atoms with van der Waals surface area (Å²) in [4.78, 5) is 0. The molecule has 0 atom stereocenters. The molecule has 0 saturated carbocycles. The van der Waals surface area contributed by atoms with Crippen molar-refractivity contribution < 1.29 is 54.2 Å². The minimum atomic E-state index is 0. The van der Waals surface area contributed by atoms with E-state index in [9.17, 15) is 0 Å². The van der Waals surface area contributed by atoms with Gasteiger partial charge < -0.3 is 16.4 Å². The standard InChI is InChI=1S/Ar.3H2O/h;3*1H2. The summed E-state index contributed by atoms with van der Waals surface area (Å²) in [5.74, 6) is 0. The van der Waals surface area contributed by atoms with E-state index in [0.717, 1.165) is 0 Å². The summed E-state index contributed by atoms with van der Waals surface area (Å²) in [6.07, 6.45) is 0. The minimum Gasteiger partial charge on any atom is -0.412 e. The van der Waals surface area contributed by atoms with E-state index < -0.39 is 0 Å². The van der Waals surface area contributed by atoms with Crippen LogP contribution in [0.25, 0.3) is 0 Å². The fourth-order valence-electron chi connectivity index (χ4n) is 0. The topological polar surface area (TPSA) is 94.5 Å². The average Bonchev–Trinajstić information content (AvgIpc) is 0. The van der Waals surface area contributed by atoms with E-state index in [4.69, 9.17) is 0 Å². The van der Waals surface area contributed by atoms with Gasteiger partial charge >= 0.3 is 0 Å². The third-order valence-electron chi connectivity index (χ3n) is 0. The second-order valence-corrected chi connectivity index (χ2v) is 0. The zero-order valence-electron chi connectivity index (χ0n) is 1.85. The molecule has 6 N–H and O–H groups in total. The van der Waals surface area contributed by atoms with Gasteiger partial charge in [-0.05, 0) is 0 Å². The summed E-state index contributed by atoms with van der Waals surface area (Å²) < 4.78 is 0. The van der Waals surface area contributed by atoms with E-state index in [2.05, 4.69) is 0 Å². The summed E-state index contributed by atoms with van der Waals surface area (Å²) >= 11 is 0. The molecule has 0 aliphatic heterocycles. The molecule has 0 aliphatic carbocycles. The monoisotopic (exact) mass is 94.0 g/mol. The quantitative estimate of drug-likeness (QED) is 0.318. The predicted molar refractivity (Wildman–Crippen MR) is 10.8 cm³/mol. The van der Waals surface area contributed by atoms with Crippen molar-refractivity contribution in [1.29, 1.82) is 0 Å². The molecule has 0 unspecified atom stereocenters. The molecule has 4 heteroatoms. The number of hydrogen-bond donors (Lipinski definition) is 0. The summed E-state index contributed by atoms with van der Waals surface area (Å²) in [7, 11) is 0. The smallest absolute Gasteiger partial charge is 0 e. The van der Waals surface area contributed by atoms with E-state index >= 15 is 0 Å². The van der Waals surface area contributed by atoms with Gasteiger partial charge in [-0.25, -0.2) is 0 Å². The number of hydrogen-bond acceptors (Lipinski definition) is 0. The van der Waals surface area contributed by atoms with E-state index in [0.29, 0.717) is 0 Å². The van der Waals surface area contributed by atoms with Crippen molar-refractivity contribution in [1.82, 2.24) is 0 Å². The second-order valence-electron chi connectivity index (χ2n) is 0. The van der Waals surface area contributed by atoms with Crippen LogP contribution in [0.3, 0.4) is 0 Å². The zero-order chi connectivity index (χ0) is 0. The summed E-state index contributed by atoms with van der Waals surface area (Å²) in [5.41, 5.74) is 0. The van der Waals surface area contributed by atoms with Gasteiger partial charge in [0.15, 0.2) is 0 Å². The maximum Gasteiger partial charge on any atom is 0 e. The predicted octanol–water partition coefficient (Wildman–Crippen LogP) is -2.47. The van der Waals surface area contributed by atoms with Gasteiger partial charge in [-0.15, -0.1) is 0 Å². The largest absolute Gasteiger partial charge is 0.412 e. The second kappa shape index (κ2) is 31.4. The molecule has 0 radical (unpaired) electrons. The maximum atomic E-state index is 0. The molecular formula is H6ArO3. The number of rotatable bonds is 0. The van der Waals surface area contributed by atoms with Gasteiger partial charge in [0.05, 0.1) is 0 Å². The molecular weight excluding hydrogens is 87.9 g/mol. The van der Waals surface area contributed by atoms with Crippen LogP contribution in [0, 0.1) is 37.7 Å². The Morgan fingerprint density at radius 1 is 0.500 bits per heavy atom. The Bertz CT molecular complexity index is 3.25. The van der Waals surface area contributed by atoms with E-state index in [1.54, 1.807) is 0 Å². The normalized spacial score (nSPS) is 0. The van der Waals surface area contributed by atoms with Crippen LogP contribution in [0.2, 0.25) is 0 Å². The van der Waals surface area contributed by atoms with Gasteiger partial charge in [-0.2, -0.15) is 0 Å². The summed E-state index contributed by atoms with van der Waals surface area (Å²) in [6.45, 7) is 0. The molecule has 0 spiro atoms. The van der Waals surface area contributed by atoms with Crippen molar-refractivity contribution in [3.63, 3.8) is 0 Å². The molecule has 0 bridgehead atoms. The molecule has 0 saturated heterocycles. The molecule has 0 heterocycles. The van der Waals surface area contributed by atoms with Crippen molar-refractivity contribution >= 4 is 0 Å². The Hall–Kier alpha value is 1.14. The first kappa shape index (κ1) is 67.8. The van der Waals surface area contributed by atoms with Crippen molar-refractivity contribution in [2.45, 2.75) is 0 Å². The molecule has 0 aromatic rings. The molecule has 0 aliphatic rings. The van der Waals surface area contributed by atoms with E-state index in [1.165, 1.54) is 0 Å². The van der Waals surface area contributed by atoms with E-state index in [-0.39, 0.29) is 54.2 Å². The first-order valence-electron chi connectivity index (χ1n) is 0. The Balaban J connectivity index is 0. The van der Waals surface area contributed by atoms with Gasteiger partial charge in [0, 0.05) is 37.7 Å². The van der Waals surface area contributed by atoms with Crippen molar-refractivity contribution in [2.75, 3.05) is 0 Å². The van der Waals surface area contributed by atoms with Crippen LogP contribution in [-0.2, 0) is 0 Å². The first-order valence-corrected chi connectivity index (χ1v) is 0. The molecule has 0 aromatic carbocycles. The minimum absolute atomic E-state index is 0. The summed E-state index contributed by atoms with van der Waals surface area (Å²) in [5, 5.41) is 0. The maximum absolute atomic E-state index is 0. The first-order chi connectivity index (χ1) is 0. The Morgan fingerprint density at radius 2 is 0.500 bits per heavy atom. The molecule has 0 rings (SSSR count). The van der Waals surface area contributed by atoms with Crippen LogP contribution in [0.5, 0.6) is 0 Å². The van der Waals surface area contributed by atoms with Crippen LogP contribution in [-0.4, -0.2) is 16.4 Å². The van der Waals surface area contributed by atoms with Crippen LogP contribution >= 0.6 is 0 Å². The SMILES string of the molecule is O.O.O.[Ar]. The van der Waals surface area contributed by atoms with Gasteiger partial charge in [0.25, 0.3) is 0 Å². The Kier molecular flexibility index (Phi) is 533. The van der Waals surface area contributed by atoms with Crippen LogP contribution in [0.1, 0.15) is 0 Å². The van der Waals surface area contributed by atoms with Crippen molar-refractivity contribution in [3.05, 3.63) is 0 Å². The van der Waals surface area contributed by atoms with Crippen molar-refractivity contribution in [3.8, 4) is 0 Å². The fraction of sp³-hybridized carbons (Fsp3) is 0. The van der Waals surface area contributed by atoms with Crippen LogP contribution in [0.4, 0.5) is 0 Å². The van der Waals surface area contributed by atoms with Gasteiger partial charge in [-0.3, -0.25) is 0 Å². The fourth-order valence-corrected chi connectivity index (χ4v) is 0. The van der Waals surface area contributed by atoms with Crippen LogP contribution in [0.15, 0.2) is 0 Å². The van der Waals surface area contributed by atoms with Crippen LogP contribution < -0.4 is 0 Å². The Morgan fingerprint density at radius 3 is 0.500 bits per heavy atom. The van der Waals surface area contributed by atoms with Gasteiger partial charge in [-0.1, -0.05) is 0 Å². The molecule has 0 amide bonds. The van der Waals surface area contributed by atoms with E-state index in [1.807, 2.05) is 0 Å². The molecule has 0 fully saturated rings. The zero-order valence-corrected chi connectivity index (χ0v) is 2.56. The molecule has 0 aromatic heterocycles. The molecule has 3 nitrogen and oxygen atoms in total. The molecule has 32 valence electrons. The summed E-state index contributed by atoms with van der Waals surface area (Å²) in [6, 6.07) is 0. The molecule has 4 heavy (non-hydrogen) atoms. The third-order valence-corrected chi connectivity index (χ3v) is 0.